The fourth-order valence-corrected chi connectivity index (χ4v) is 3.48. The molecule has 1 amide bonds. The predicted octanol–water partition coefficient (Wildman–Crippen LogP) is 5.27. The van der Waals surface area contributed by atoms with Crippen LogP contribution in [0.3, 0.4) is 0 Å². The lowest BCUT2D eigenvalue weighted by Crippen LogP contribution is -2.13. The van der Waals surface area contributed by atoms with Gasteiger partial charge in [0.15, 0.2) is 17.3 Å². The normalized spacial score (nSPS) is 11.0. The highest BCUT2D eigenvalue weighted by molar-refractivity contribution is 6.32. The Hall–Kier alpha value is -3.96. The molecule has 0 radical (unpaired) electrons. The summed E-state index contributed by atoms with van der Waals surface area (Å²) in [7, 11) is 1.48. The molecule has 3 rings (SSSR count). The molecule has 1 N–H and O–H groups in total. The number of carbonyl (C=O) groups is 1. The molecule has 0 fully saturated rings. The summed E-state index contributed by atoms with van der Waals surface area (Å²) in [5.41, 5.74) is 2.58. The third kappa shape index (κ3) is 6.53. The van der Waals surface area contributed by atoms with E-state index in [-0.39, 0.29) is 23.0 Å². The van der Waals surface area contributed by atoms with E-state index in [1.54, 1.807) is 25.1 Å². The standard InChI is InChI=1S/C25H24ClN3O5/c1-15-7-16(2)9-20(8-15)32-5-6-33-24-21(26)12-18(13-22(24)31-4)11-19(14-27)25(30)28-23-10-17(3)34-29-23/h7-13H,5-6H2,1-4H3,(H,28,29,30)/b19-11-. The number of ether oxygens (including phenoxy) is 3. The number of methoxy groups -OCH3 is 1. The van der Waals surface area contributed by atoms with Crippen LogP contribution in [0.4, 0.5) is 5.82 Å². The van der Waals surface area contributed by atoms with Crippen molar-refractivity contribution < 1.29 is 23.5 Å². The van der Waals surface area contributed by atoms with Crippen LogP contribution in [-0.4, -0.2) is 31.4 Å². The van der Waals surface area contributed by atoms with Gasteiger partial charge in [-0.15, -0.1) is 0 Å². The first-order valence-corrected chi connectivity index (χ1v) is 10.7. The Kier molecular flexibility index (Phi) is 8.17. The Labute approximate surface area is 202 Å². The zero-order valence-corrected chi connectivity index (χ0v) is 20.0. The summed E-state index contributed by atoms with van der Waals surface area (Å²) in [6.45, 7) is 6.25. The van der Waals surface area contributed by atoms with E-state index in [4.69, 9.17) is 30.3 Å². The van der Waals surface area contributed by atoms with Crippen molar-refractivity contribution in [2.45, 2.75) is 20.8 Å². The van der Waals surface area contributed by atoms with E-state index in [2.05, 4.69) is 16.5 Å². The van der Waals surface area contributed by atoms with E-state index in [0.717, 1.165) is 16.9 Å². The van der Waals surface area contributed by atoms with Crippen LogP contribution in [0.15, 0.2) is 46.5 Å². The zero-order chi connectivity index (χ0) is 24.7. The molecule has 1 aromatic heterocycles. The molecule has 0 aliphatic rings. The lowest BCUT2D eigenvalue weighted by atomic mass is 10.1. The molecule has 34 heavy (non-hydrogen) atoms. The molecular weight excluding hydrogens is 458 g/mol. The molecule has 176 valence electrons. The van der Waals surface area contributed by atoms with Gasteiger partial charge in [0.25, 0.3) is 5.91 Å². The maximum atomic E-state index is 12.4. The predicted molar refractivity (Wildman–Crippen MR) is 128 cm³/mol. The van der Waals surface area contributed by atoms with E-state index in [1.165, 1.54) is 13.2 Å². The summed E-state index contributed by atoms with van der Waals surface area (Å²) in [6.07, 6.45) is 1.39. The van der Waals surface area contributed by atoms with Gasteiger partial charge in [-0.05, 0) is 67.8 Å². The smallest absolute Gasteiger partial charge is 0.267 e. The summed E-state index contributed by atoms with van der Waals surface area (Å²) >= 11 is 6.41. The number of hydrogen-bond donors (Lipinski definition) is 1. The third-order valence-electron chi connectivity index (χ3n) is 4.59. The summed E-state index contributed by atoms with van der Waals surface area (Å²) in [4.78, 5) is 12.4. The number of nitrogens with one attached hydrogen (secondary N) is 1. The first-order valence-electron chi connectivity index (χ1n) is 10.4. The minimum atomic E-state index is -0.630. The number of aromatic nitrogens is 1. The molecule has 8 nitrogen and oxygen atoms in total. The van der Waals surface area contributed by atoms with Crippen molar-refractivity contribution in [1.82, 2.24) is 5.16 Å². The molecule has 3 aromatic rings. The summed E-state index contributed by atoms with van der Waals surface area (Å²) in [6, 6.07) is 12.6. The summed E-state index contributed by atoms with van der Waals surface area (Å²) in [5, 5.41) is 15.9. The van der Waals surface area contributed by atoms with Gasteiger partial charge in [0.05, 0.1) is 12.1 Å². The van der Waals surface area contributed by atoms with E-state index in [1.807, 2.05) is 32.0 Å². The van der Waals surface area contributed by atoms with Gasteiger partial charge in [-0.25, -0.2) is 0 Å². The van der Waals surface area contributed by atoms with E-state index >= 15 is 0 Å². The average molecular weight is 482 g/mol. The van der Waals surface area contributed by atoms with Gasteiger partial charge < -0.3 is 24.1 Å². The highest BCUT2D eigenvalue weighted by Crippen LogP contribution is 2.37. The fourth-order valence-electron chi connectivity index (χ4n) is 3.21. The van der Waals surface area contributed by atoms with Crippen LogP contribution >= 0.6 is 11.6 Å². The Balaban J connectivity index is 1.69. The lowest BCUT2D eigenvalue weighted by Gasteiger charge is -2.14. The number of amides is 1. The topological polar surface area (TPSA) is 107 Å². The quantitative estimate of drug-likeness (QED) is 0.252. The molecule has 0 aliphatic carbocycles. The number of aryl methyl sites for hydroxylation is 3. The number of benzene rings is 2. The van der Waals surface area contributed by atoms with Gasteiger partial charge in [-0.1, -0.05) is 22.8 Å². The van der Waals surface area contributed by atoms with Crippen LogP contribution in [0, 0.1) is 32.1 Å². The van der Waals surface area contributed by atoms with Crippen molar-refractivity contribution in [2.75, 3.05) is 25.6 Å². The van der Waals surface area contributed by atoms with Gasteiger partial charge in [-0.2, -0.15) is 5.26 Å². The van der Waals surface area contributed by atoms with Crippen molar-refractivity contribution in [1.29, 1.82) is 5.26 Å². The largest absolute Gasteiger partial charge is 0.493 e. The van der Waals surface area contributed by atoms with E-state index in [9.17, 15) is 10.1 Å². The first kappa shape index (κ1) is 24.7. The number of carbonyl (C=O) groups excluding carboxylic acids is 1. The highest BCUT2D eigenvalue weighted by atomic mass is 35.5. The van der Waals surface area contributed by atoms with Gasteiger partial charge in [0.2, 0.25) is 0 Å². The maximum absolute atomic E-state index is 12.4. The van der Waals surface area contributed by atoms with Crippen LogP contribution in [0.1, 0.15) is 22.5 Å². The van der Waals surface area contributed by atoms with Crippen molar-refractivity contribution in [3.8, 4) is 23.3 Å². The second kappa shape index (κ2) is 11.3. The minimum Gasteiger partial charge on any atom is -0.493 e. The molecular formula is C25H24ClN3O5. The van der Waals surface area contributed by atoms with Gasteiger partial charge in [0.1, 0.15) is 36.4 Å². The molecule has 0 unspecified atom stereocenters. The molecule has 2 aromatic carbocycles. The number of anilines is 1. The Morgan fingerprint density at radius 1 is 1.12 bits per heavy atom. The SMILES string of the molecule is COc1cc(/C=C(/C#N)C(=O)Nc2cc(C)on2)cc(Cl)c1OCCOc1cc(C)cc(C)c1. The number of halogens is 1. The number of nitriles is 1. The van der Waals surface area contributed by atoms with Crippen LogP contribution < -0.4 is 19.5 Å². The molecule has 0 saturated heterocycles. The Morgan fingerprint density at radius 2 is 1.82 bits per heavy atom. The van der Waals surface area contributed by atoms with Crippen LogP contribution in [0.25, 0.3) is 6.08 Å². The third-order valence-corrected chi connectivity index (χ3v) is 4.87. The molecule has 0 saturated carbocycles. The summed E-state index contributed by atoms with van der Waals surface area (Å²) < 4.78 is 21.9. The highest BCUT2D eigenvalue weighted by Gasteiger charge is 2.15. The van der Waals surface area contributed by atoms with Crippen molar-refractivity contribution in [3.63, 3.8) is 0 Å². The van der Waals surface area contributed by atoms with E-state index in [0.29, 0.717) is 29.4 Å². The van der Waals surface area contributed by atoms with Gasteiger partial charge in [-0.3, -0.25) is 4.79 Å². The van der Waals surface area contributed by atoms with Crippen molar-refractivity contribution in [2.24, 2.45) is 0 Å². The van der Waals surface area contributed by atoms with Gasteiger partial charge >= 0.3 is 0 Å². The number of hydrogen-bond acceptors (Lipinski definition) is 7. The van der Waals surface area contributed by atoms with Gasteiger partial charge in [0, 0.05) is 6.07 Å². The van der Waals surface area contributed by atoms with Crippen molar-refractivity contribution >= 4 is 29.4 Å². The molecule has 0 spiro atoms. The molecule has 0 bridgehead atoms. The Bertz CT molecular complexity index is 1240. The second-order valence-electron chi connectivity index (χ2n) is 7.50. The first-order chi connectivity index (χ1) is 16.3. The molecule has 1 heterocycles. The Morgan fingerprint density at radius 3 is 2.44 bits per heavy atom. The van der Waals surface area contributed by atoms with Crippen LogP contribution in [-0.2, 0) is 4.79 Å². The minimum absolute atomic E-state index is 0.144. The molecule has 0 aliphatic heterocycles. The molecule has 9 heteroatoms. The van der Waals surface area contributed by atoms with Crippen LogP contribution in [0.5, 0.6) is 17.2 Å². The zero-order valence-electron chi connectivity index (χ0n) is 19.3. The maximum Gasteiger partial charge on any atom is 0.267 e. The van der Waals surface area contributed by atoms with Crippen molar-refractivity contribution in [3.05, 3.63) is 69.4 Å². The van der Waals surface area contributed by atoms with Crippen LogP contribution in [0.2, 0.25) is 5.02 Å². The average Bonchev–Trinajstić information content (AvgIpc) is 3.19. The fraction of sp³-hybridized carbons (Fsp3) is 0.240. The van der Waals surface area contributed by atoms with E-state index < -0.39 is 5.91 Å². The lowest BCUT2D eigenvalue weighted by molar-refractivity contribution is -0.112. The second-order valence-corrected chi connectivity index (χ2v) is 7.91. The monoisotopic (exact) mass is 481 g/mol. The molecule has 0 atom stereocenters. The number of rotatable bonds is 9. The summed E-state index contributed by atoms with van der Waals surface area (Å²) in [5.74, 6) is 1.58. The number of nitrogens with zero attached hydrogens (tertiary/aromatic N) is 2.